The molecule has 2 N–H and O–H groups in total. The SMILES string of the molecule is COc1cccc(NC(=O)C[NH+]2CCC[C@H]2c2cc(OC)ccc2OC)c1. The molecule has 27 heavy (non-hydrogen) atoms. The molecule has 2 aromatic carbocycles. The van der Waals surface area contributed by atoms with Gasteiger partial charge in [-0.3, -0.25) is 4.79 Å². The van der Waals surface area contributed by atoms with Gasteiger partial charge >= 0.3 is 0 Å². The third-order valence-electron chi connectivity index (χ3n) is 5.04. The third-order valence-corrected chi connectivity index (χ3v) is 5.04. The van der Waals surface area contributed by atoms with Crippen LogP contribution in [0.3, 0.4) is 0 Å². The molecule has 2 atom stereocenters. The van der Waals surface area contributed by atoms with Gasteiger partial charge in [-0.2, -0.15) is 0 Å². The molecule has 0 spiro atoms. The number of likely N-dealkylation sites (tertiary alicyclic amines) is 1. The van der Waals surface area contributed by atoms with E-state index in [1.165, 1.54) is 4.90 Å². The highest BCUT2D eigenvalue weighted by Crippen LogP contribution is 2.31. The fraction of sp³-hybridized carbons (Fsp3) is 0.381. The summed E-state index contributed by atoms with van der Waals surface area (Å²) in [6.07, 6.45) is 2.10. The number of hydrogen-bond acceptors (Lipinski definition) is 4. The van der Waals surface area contributed by atoms with Crippen molar-refractivity contribution in [3.05, 3.63) is 48.0 Å². The highest BCUT2D eigenvalue weighted by atomic mass is 16.5. The molecule has 6 nitrogen and oxygen atoms in total. The molecular formula is C21H27N2O4+. The van der Waals surface area contributed by atoms with Crippen LogP contribution in [0.25, 0.3) is 0 Å². The first kappa shape index (κ1) is 19.0. The van der Waals surface area contributed by atoms with E-state index >= 15 is 0 Å². The molecule has 1 heterocycles. The molecule has 2 aromatic rings. The summed E-state index contributed by atoms with van der Waals surface area (Å²) in [4.78, 5) is 13.8. The third kappa shape index (κ3) is 4.52. The van der Waals surface area contributed by atoms with Crippen LogP contribution in [-0.2, 0) is 4.79 Å². The zero-order valence-corrected chi connectivity index (χ0v) is 16.1. The summed E-state index contributed by atoms with van der Waals surface area (Å²) < 4.78 is 16.1. The van der Waals surface area contributed by atoms with Gasteiger partial charge in [-0.25, -0.2) is 0 Å². The highest BCUT2D eigenvalue weighted by molar-refractivity contribution is 5.91. The van der Waals surface area contributed by atoms with Gasteiger partial charge in [0.05, 0.1) is 33.4 Å². The molecule has 0 aromatic heterocycles. The maximum Gasteiger partial charge on any atom is 0.279 e. The molecular weight excluding hydrogens is 344 g/mol. The Labute approximate surface area is 160 Å². The zero-order valence-electron chi connectivity index (χ0n) is 16.1. The molecule has 1 fully saturated rings. The van der Waals surface area contributed by atoms with Gasteiger partial charge in [-0.15, -0.1) is 0 Å². The first-order valence-electron chi connectivity index (χ1n) is 9.15. The number of anilines is 1. The molecule has 144 valence electrons. The molecule has 0 aliphatic carbocycles. The molecule has 1 unspecified atom stereocenters. The van der Waals surface area contributed by atoms with Gasteiger partial charge in [-0.05, 0) is 30.3 Å². The van der Waals surface area contributed by atoms with Gasteiger partial charge in [-0.1, -0.05) is 6.07 Å². The van der Waals surface area contributed by atoms with Crippen LogP contribution >= 0.6 is 0 Å². The van der Waals surface area contributed by atoms with E-state index in [2.05, 4.69) is 5.32 Å². The lowest BCUT2D eigenvalue weighted by molar-refractivity contribution is -0.910. The van der Waals surface area contributed by atoms with E-state index in [1.54, 1.807) is 21.3 Å². The van der Waals surface area contributed by atoms with Crippen molar-refractivity contribution in [2.45, 2.75) is 18.9 Å². The fourth-order valence-corrected chi connectivity index (χ4v) is 3.72. The summed E-state index contributed by atoms with van der Waals surface area (Å²) in [5.74, 6) is 2.36. The van der Waals surface area contributed by atoms with Crippen LogP contribution in [0.5, 0.6) is 17.2 Å². The summed E-state index contributed by atoms with van der Waals surface area (Å²) >= 11 is 0. The van der Waals surface area contributed by atoms with Crippen LogP contribution in [0.1, 0.15) is 24.4 Å². The molecule has 1 saturated heterocycles. The van der Waals surface area contributed by atoms with Gasteiger partial charge in [0.25, 0.3) is 5.91 Å². The Morgan fingerprint density at radius 2 is 1.85 bits per heavy atom. The van der Waals surface area contributed by atoms with Crippen molar-refractivity contribution in [3.63, 3.8) is 0 Å². The maximum atomic E-state index is 12.6. The summed E-state index contributed by atoms with van der Waals surface area (Å²) in [5.41, 5.74) is 1.84. The van der Waals surface area contributed by atoms with E-state index in [9.17, 15) is 4.79 Å². The predicted octanol–water partition coefficient (Wildman–Crippen LogP) is 2.07. The minimum Gasteiger partial charge on any atom is -0.497 e. The summed E-state index contributed by atoms with van der Waals surface area (Å²) in [5, 5.41) is 2.97. The van der Waals surface area contributed by atoms with Gasteiger partial charge in [0.15, 0.2) is 6.54 Å². The van der Waals surface area contributed by atoms with E-state index in [-0.39, 0.29) is 11.9 Å². The molecule has 3 rings (SSSR count). The topological polar surface area (TPSA) is 61.2 Å². The monoisotopic (exact) mass is 371 g/mol. The van der Waals surface area contributed by atoms with Crippen LogP contribution < -0.4 is 24.4 Å². The Kier molecular flexibility index (Phi) is 6.19. The second-order valence-electron chi connectivity index (χ2n) is 6.67. The Morgan fingerprint density at radius 3 is 2.59 bits per heavy atom. The summed E-state index contributed by atoms with van der Waals surface area (Å²) in [7, 11) is 4.95. The van der Waals surface area contributed by atoms with Gasteiger partial charge in [0.1, 0.15) is 23.3 Å². The number of benzene rings is 2. The maximum absolute atomic E-state index is 12.6. The zero-order chi connectivity index (χ0) is 19.2. The molecule has 1 aliphatic rings. The smallest absolute Gasteiger partial charge is 0.279 e. The number of ether oxygens (including phenoxy) is 3. The predicted molar refractivity (Wildman–Crippen MR) is 104 cm³/mol. The molecule has 6 heteroatoms. The van der Waals surface area contributed by atoms with Gasteiger partial charge in [0, 0.05) is 24.6 Å². The van der Waals surface area contributed by atoms with E-state index < -0.39 is 0 Å². The van der Waals surface area contributed by atoms with E-state index in [0.717, 1.165) is 47.9 Å². The normalized spacial score (nSPS) is 18.8. The lowest BCUT2D eigenvalue weighted by Gasteiger charge is -2.23. The average Bonchev–Trinajstić information content (AvgIpc) is 3.15. The molecule has 1 aliphatic heterocycles. The van der Waals surface area contributed by atoms with Gasteiger partial charge in [0.2, 0.25) is 0 Å². The minimum absolute atomic E-state index is 0.00739. The quantitative estimate of drug-likeness (QED) is 0.782. The van der Waals surface area contributed by atoms with E-state index in [1.807, 2.05) is 42.5 Å². The Balaban J connectivity index is 1.72. The molecule has 0 saturated carbocycles. The second-order valence-corrected chi connectivity index (χ2v) is 6.67. The van der Waals surface area contributed by atoms with Crippen molar-refractivity contribution in [3.8, 4) is 17.2 Å². The number of nitrogens with one attached hydrogen (secondary N) is 2. The molecule has 0 radical (unpaired) electrons. The lowest BCUT2D eigenvalue weighted by Crippen LogP contribution is -3.11. The first-order valence-corrected chi connectivity index (χ1v) is 9.15. The Bertz CT molecular complexity index is 794. The second kappa shape index (κ2) is 8.77. The number of rotatable bonds is 7. The number of methoxy groups -OCH3 is 3. The highest BCUT2D eigenvalue weighted by Gasteiger charge is 2.34. The van der Waals surface area contributed by atoms with Crippen LogP contribution in [-0.4, -0.2) is 40.3 Å². The van der Waals surface area contributed by atoms with Crippen molar-refractivity contribution in [2.24, 2.45) is 0 Å². The summed E-state index contributed by atoms with van der Waals surface area (Å²) in [6, 6.07) is 13.5. The van der Waals surface area contributed by atoms with Crippen molar-refractivity contribution in [1.82, 2.24) is 0 Å². The van der Waals surface area contributed by atoms with E-state index in [0.29, 0.717) is 6.54 Å². The molecule has 1 amide bonds. The number of carbonyl (C=O) groups excluding carboxylic acids is 1. The Hall–Kier alpha value is -2.73. The fourth-order valence-electron chi connectivity index (χ4n) is 3.72. The number of quaternary nitrogens is 1. The van der Waals surface area contributed by atoms with Gasteiger partial charge < -0.3 is 24.4 Å². The number of carbonyl (C=O) groups is 1. The van der Waals surface area contributed by atoms with Crippen molar-refractivity contribution in [1.29, 1.82) is 0 Å². The van der Waals surface area contributed by atoms with Crippen LogP contribution in [0.2, 0.25) is 0 Å². The van der Waals surface area contributed by atoms with Crippen molar-refractivity contribution < 1.29 is 23.9 Å². The van der Waals surface area contributed by atoms with Crippen LogP contribution in [0.4, 0.5) is 5.69 Å². The van der Waals surface area contributed by atoms with Crippen LogP contribution in [0, 0.1) is 0 Å². The van der Waals surface area contributed by atoms with Crippen molar-refractivity contribution >= 4 is 11.6 Å². The lowest BCUT2D eigenvalue weighted by atomic mass is 10.0. The molecule has 0 bridgehead atoms. The number of hydrogen-bond donors (Lipinski definition) is 2. The first-order chi connectivity index (χ1) is 13.1. The minimum atomic E-state index is -0.00739. The number of amides is 1. The Morgan fingerprint density at radius 1 is 1.07 bits per heavy atom. The average molecular weight is 371 g/mol. The standard InChI is InChI=1S/C21H26N2O4/c1-25-16-7-4-6-15(12-16)22-21(24)14-23-11-5-8-19(23)18-13-17(26-2)9-10-20(18)27-3/h4,6-7,9-10,12-13,19H,5,8,11,14H2,1-3H3,(H,22,24)/p+1/t19-/m0/s1. The van der Waals surface area contributed by atoms with Crippen LogP contribution in [0.15, 0.2) is 42.5 Å². The largest absolute Gasteiger partial charge is 0.497 e. The summed E-state index contributed by atoms with van der Waals surface area (Å²) in [6.45, 7) is 1.36. The van der Waals surface area contributed by atoms with Crippen molar-refractivity contribution in [2.75, 3.05) is 39.7 Å². The van der Waals surface area contributed by atoms with E-state index in [4.69, 9.17) is 14.2 Å².